The molecule has 0 amide bonds. The van der Waals surface area contributed by atoms with E-state index in [1.807, 2.05) is 6.08 Å². The van der Waals surface area contributed by atoms with Gasteiger partial charge in [0.05, 0.1) is 12.2 Å². The maximum absolute atomic E-state index is 11.1. The summed E-state index contributed by atoms with van der Waals surface area (Å²) in [5.41, 5.74) is 3.07. The van der Waals surface area contributed by atoms with Crippen LogP contribution in [-0.4, -0.2) is 22.4 Å². The van der Waals surface area contributed by atoms with Gasteiger partial charge in [0.25, 0.3) is 0 Å². The second kappa shape index (κ2) is 8.64. The summed E-state index contributed by atoms with van der Waals surface area (Å²) >= 11 is 0. The third-order valence-corrected chi connectivity index (χ3v) is 11.0. The van der Waals surface area contributed by atoms with E-state index >= 15 is 0 Å². The molecule has 10 atom stereocenters. The zero-order valence-corrected chi connectivity index (χ0v) is 20.9. The lowest BCUT2D eigenvalue weighted by atomic mass is 9.46. The van der Waals surface area contributed by atoms with E-state index in [4.69, 9.17) is 0 Å². The maximum atomic E-state index is 11.1. The number of allylic oxidation sites excluding steroid dienone is 1. The molecule has 0 bridgehead atoms. The Morgan fingerprint density at radius 3 is 2.52 bits per heavy atom. The van der Waals surface area contributed by atoms with Gasteiger partial charge in [-0.05, 0) is 123 Å². The van der Waals surface area contributed by atoms with Crippen LogP contribution in [0.5, 0.6) is 0 Å². The monoisotopic (exact) mass is 428 g/mol. The molecule has 2 nitrogen and oxygen atoms in total. The molecule has 31 heavy (non-hydrogen) atoms. The van der Waals surface area contributed by atoms with Crippen molar-refractivity contribution in [1.29, 1.82) is 0 Å². The highest BCUT2D eigenvalue weighted by Gasteiger charge is 2.60. The molecule has 2 N–H and O–H groups in total. The highest BCUT2D eigenvalue weighted by molar-refractivity contribution is 5.29. The van der Waals surface area contributed by atoms with Crippen molar-refractivity contribution < 1.29 is 10.2 Å². The fourth-order valence-corrected chi connectivity index (χ4v) is 9.20. The van der Waals surface area contributed by atoms with Crippen molar-refractivity contribution in [3.05, 3.63) is 23.8 Å². The normalized spacial score (nSPS) is 46.4. The highest BCUT2D eigenvalue weighted by Crippen LogP contribution is 2.67. The quantitative estimate of drug-likeness (QED) is 0.451. The molecule has 0 aromatic rings. The van der Waals surface area contributed by atoms with Gasteiger partial charge >= 0.3 is 0 Å². The van der Waals surface area contributed by atoms with E-state index in [2.05, 4.69) is 41.2 Å². The maximum Gasteiger partial charge on any atom is 0.0759 e. The van der Waals surface area contributed by atoms with Gasteiger partial charge in [-0.2, -0.15) is 0 Å². The number of aliphatic hydroxyl groups excluding tert-OH is 2. The van der Waals surface area contributed by atoms with Gasteiger partial charge in [0.15, 0.2) is 0 Å². The second-order valence-electron chi connectivity index (χ2n) is 12.5. The first-order valence-corrected chi connectivity index (χ1v) is 13.4. The molecule has 0 aromatic heterocycles. The topological polar surface area (TPSA) is 40.5 Å². The summed E-state index contributed by atoms with van der Waals surface area (Å²) in [6.45, 7) is 16.3. The highest BCUT2D eigenvalue weighted by atomic mass is 16.3. The van der Waals surface area contributed by atoms with Gasteiger partial charge in [0.1, 0.15) is 0 Å². The van der Waals surface area contributed by atoms with Crippen LogP contribution in [-0.2, 0) is 0 Å². The van der Waals surface area contributed by atoms with Crippen LogP contribution in [0.2, 0.25) is 0 Å². The van der Waals surface area contributed by atoms with Crippen LogP contribution in [0.4, 0.5) is 0 Å². The average Bonchev–Trinajstić information content (AvgIpc) is 3.07. The molecule has 2 heteroatoms. The molecule has 6 unspecified atom stereocenters. The Bertz CT molecular complexity index is 710. The Balaban J connectivity index is 1.51. The van der Waals surface area contributed by atoms with E-state index in [1.165, 1.54) is 56.1 Å². The van der Waals surface area contributed by atoms with Crippen molar-refractivity contribution in [3.8, 4) is 0 Å². The molecular formula is C29H48O2. The van der Waals surface area contributed by atoms with E-state index in [9.17, 15) is 10.2 Å². The van der Waals surface area contributed by atoms with Gasteiger partial charge in [0, 0.05) is 0 Å². The van der Waals surface area contributed by atoms with Crippen LogP contribution < -0.4 is 0 Å². The zero-order valence-electron chi connectivity index (χ0n) is 20.9. The number of aliphatic hydroxyl groups is 2. The molecule has 4 aliphatic rings. The van der Waals surface area contributed by atoms with Crippen LogP contribution in [0.15, 0.2) is 23.8 Å². The number of fused-ring (bicyclic) bond motifs is 5. The first kappa shape index (κ1) is 23.6. The second-order valence-corrected chi connectivity index (χ2v) is 12.5. The van der Waals surface area contributed by atoms with Crippen molar-refractivity contribution in [2.45, 2.75) is 111 Å². The minimum atomic E-state index is -0.356. The van der Waals surface area contributed by atoms with Crippen LogP contribution in [0.1, 0.15) is 98.8 Å². The zero-order chi connectivity index (χ0) is 22.6. The molecule has 0 aromatic carbocycles. The average molecular weight is 429 g/mol. The van der Waals surface area contributed by atoms with Gasteiger partial charge in [-0.25, -0.2) is 0 Å². The number of rotatable bonds is 6. The smallest absolute Gasteiger partial charge is 0.0759 e. The van der Waals surface area contributed by atoms with Crippen LogP contribution in [0.3, 0.4) is 0 Å². The molecule has 0 saturated heterocycles. The summed E-state index contributed by atoms with van der Waals surface area (Å²) in [4.78, 5) is 0. The Kier molecular flexibility index (Phi) is 6.56. The van der Waals surface area contributed by atoms with Crippen LogP contribution >= 0.6 is 0 Å². The van der Waals surface area contributed by atoms with Gasteiger partial charge in [-0.1, -0.05) is 45.9 Å². The summed E-state index contributed by atoms with van der Waals surface area (Å²) < 4.78 is 0. The summed E-state index contributed by atoms with van der Waals surface area (Å²) in [6.07, 6.45) is 13.4. The molecule has 0 radical (unpaired) electrons. The van der Waals surface area contributed by atoms with Gasteiger partial charge < -0.3 is 10.2 Å². The largest absolute Gasteiger partial charge is 0.389 e. The third kappa shape index (κ3) is 3.88. The Morgan fingerprint density at radius 2 is 1.84 bits per heavy atom. The lowest BCUT2D eigenvalue weighted by Crippen LogP contribution is -2.54. The molecule has 3 fully saturated rings. The summed E-state index contributed by atoms with van der Waals surface area (Å²) in [5, 5.41) is 21.4. The van der Waals surface area contributed by atoms with Crippen molar-refractivity contribution >= 4 is 0 Å². The molecule has 0 aliphatic heterocycles. The Morgan fingerprint density at radius 1 is 1.10 bits per heavy atom. The molecule has 4 rings (SSSR count). The van der Waals surface area contributed by atoms with Gasteiger partial charge in [-0.15, -0.1) is 0 Å². The standard InChI is InChI=1S/C29H48O2/c1-7-20(18(2)3)9-8-19(4)23-10-11-24-22-17-27(31)26-16-21(30)12-14-29(26,6)25(22)13-15-28(23,24)5/h16,19-25,27,30-31H,2,7-15,17H2,1,3-6H3/t19-,20-,21?,22?,23?,24?,25?,27?,28-,29-/m1/s1. The van der Waals surface area contributed by atoms with Crippen molar-refractivity contribution in [2.24, 2.45) is 46.3 Å². The first-order chi connectivity index (χ1) is 14.6. The lowest BCUT2D eigenvalue weighted by molar-refractivity contribution is -0.0874. The van der Waals surface area contributed by atoms with E-state index in [-0.39, 0.29) is 17.6 Å². The number of hydrogen-bond acceptors (Lipinski definition) is 2. The minimum absolute atomic E-state index is 0.0996. The number of hydrogen-bond donors (Lipinski definition) is 2. The molecule has 3 saturated carbocycles. The third-order valence-electron chi connectivity index (χ3n) is 11.0. The lowest BCUT2D eigenvalue weighted by Gasteiger charge is -2.60. The molecule has 4 aliphatic carbocycles. The van der Waals surface area contributed by atoms with E-state index < -0.39 is 0 Å². The summed E-state index contributed by atoms with van der Waals surface area (Å²) in [5.74, 6) is 4.41. The predicted octanol–water partition coefficient (Wildman–Crippen LogP) is 6.92. The summed E-state index contributed by atoms with van der Waals surface area (Å²) in [7, 11) is 0. The van der Waals surface area contributed by atoms with Gasteiger partial charge in [0.2, 0.25) is 0 Å². The Labute approximate surface area is 191 Å². The summed E-state index contributed by atoms with van der Waals surface area (Å²) in [6, 6.07) is 0. The van der Waals surface area contributed by atoms with Crippen molar-refractivity contribution in [3.63, 3.8) is 0 Å². The fraction of sp³-hybridized carbons (Fsp3) is 0.862. The SMILES string of the molecule is C=C(C)[C@H](CC)CC[C@@H](C)C1CCC2C3CC(O)C4=CC(O)CC[C@]4(C)C3CC[C@@]21C. The minimum Gasteiger partial charge on any atom is -0.389 e. The van der Waals surface area contributed by atoms with Gasteiger partial charge in [-0.3, -0.25) is 0 Å². The fourth-order valence-electron chi connectivity index (χ4n) is 9.20. The Hall–Kier alpha value is -0.600. The molecular weight excluding hydrogens is 380 g/mol. The molecule has 0 spiro atoms. The van der Waals surface area contributed by atoms with E-state index in [0.29, 0.717) is 23.2 Å². The van der Waals surface area contributed by atoms with Crippen LogP contribution in [0.25, 0.3) is 0 Å². The predicted molar refractivity (Wildman–Crippen MR) is 130 cm³/mol. The van der Waals surface area contributed by atoms with Crippen molar-refractivity contribution in [2.75, 3.05) is 0 Å². The molecule has 176 valence electrons. The van der Waals surface area contributed by atoms with Crippen LogP contribution in [0, 0.1) is 46.3 Å². The first-order valence-electron chi connectivity index (χ1n) is 13.4. The molecule has 0 heterocycles. The van der Waals surface area contributed by atoms with Crippen molar-refractivity contribution in [1.82, 2.24) is 0 Å². The van der Waals surface area contributed by atoms with E-state index in [1.54, 1.807) is 0 Å². The van der Waals surface area contributed by atoms with E-state index in [0.717, 1.165) is 37.0 Å².